The lowest BCUT2D eigenvalue weighted by atomic mass is 10.1. The van der Waals surface area contributed by atoms with Gasteiger partial charge in [-0.3, -0.25) is 24.7 Å². The number of rotatable bonds is 6. The van der Waals surface area contributed by atoms with Gasteiger partial charge in [-0.2, -0.15) is 0 Å². The number of amides is 3. The van der Waals surface area contributed by atoms with Crippen LogP contribution in [-0.4, -0.2) is 55.4 Å². The molecule has 0 spiro atoms. The lowest BCUT2D eigenvalue weighted by Crippen LogP contribution is -2.38. The molecule has 2 N–H and O–H groups in total. The molecule has 0 bridgehead atoms. The Bertz CT molecular complexity index is 1450. The maximum atomic E-state index is 13.0. The number of ketones is 1. The van der Waals surface area contributed by atoms with Gasteiger partial charge in [0.15, 0.2) is 11.6 Å². The van der Waals surface area contributed by atoms with Gasteiger partial charge in [0, 0.05) is 37.7 Å². The van der Waals surface area contributed by atoms with E-state index in [1.54, 1.807) is 62.2 Å². The van der Waals surface area contributed by atoms with Crippen molar-refractivity contribution in [3.05, 3.63) is 65.2 Å². The summed E-state index contributed by atoms with van der Waals surface area (Å²) in [7, 11) is 0. The van der Waals surface area contributed by atoms with E-state index in [0.717, 1.165) is 5.56 Å². The fraction of sp³-hybridized carbons (Fsp3) is 0.379. The molecule has 40 heavy (non-hydrogen) atoms. The fourth-order valence-electron chi connectivity index (χ4n) is 4.60. The van der Waals surface area contributed by atoms with Crippen molar-refractivity contribution in [2.75, 3.05) is 17.3 Å². The lowest BCUT2D eigenvalue weighted by Gasteiger charge is -2.28. The van der Waals surface area contributed by atoms with E-state index in [9.17, 15) is 19.2 Å². The Labute approximate surface area is 232 Å². The van der Waals surface area contributed by atoms with Crippen LogP contribution in [0.1, 0.15) is 85.7 Å². The summed E-state index contributed by atoms with van der Waals surface area (Å²) in [5.41, 5.74) is 4.46. The molecule has 2 aromatic heterocycles. The third kappa shape index (κ3) is 6.36. The maximum Gasteiger partial charge on any atom is 0.410 e. The molecule has 0 aliphatic carbocycles. The number of aryl methyl sites for hydroxylation is 1. The SMILES string of the molecule is CC(=O)Nn1c([C@@H]2CCCN2C(=O)OC(C)(C)C)nc(-c2ccc(C(=O)Nc3cc(C)ccn3)cc2)c1C(C)=O. The minimum atomic E-state index is -0.684. The summed E-state index contributed by atoms with van der Waals surface area (Å²) in [4.78, 5) is 61.4. The van der Waals surface area contributed by atoms with E-state index in [0.29, 0.717) is 47.8 Å². The maximum absolute atomic E-state index is 13.0. The summed E-state index contributed by atoms with van der Waals surface area (Å²) in [5.74, 6) is -0.258. The third-order valence-electron chi connectivity index (χ3n) is 6.26. The van der Waals surface area contributed by atoms with Crippen molar-refractivity contribution < 1.29 is 23.9 Å². The minimum absolute atomic E-state index is 0.169. The summed E-state index contributed by atoms with van der Waals surface area (Å²) < 4.78 is 6.97. The smallest absolute Gasteiger partial charge is 0.410 e. The first-order valence-electron chi connectivity index (χ1n) is 13.1. The number of pyridine rings is 1. The number of carbonyl (C=O) groups is 4. The second-order valence-electron chi connectivity index (χ2n) is 10.8. The minimum Gasteiger partial charge on any atom is -0.444 e. The Morgan fingerprint density at radius 1 is 1.05 bits per heavy atom. The summed E-state index contributed by atoms with van der Waals surface area (Å²) >= 11 is 0. The molecule has 1 aromatic carbocycles. The normalized spacial score (nSPS) is 15.1. The molecule has 3 heterocycles. The van der Waals surface area contributed by atoms with Gasteiger partial charge in [0.2, 0.25) is 5.91 Å². The van der Waals surface area contributed by atoms with Crippen LogP contribution in [0.2, 0.25) is 0 Å². The van der Waals surface area contributed by atoms with Crippen LogP contribution in [0.5, 0.6) is 0 Å². The Morgan fingerprint density at radius 2 is 1.75 bits per heavy atom. The molecule has 1 atom stereocenters. The molecule has 1 fully saturated rings. The largest absolute Gasteiger partial charge is 0.444 e. The second kappa shape index (κ2) is 11.3. The highest BCUT2D eigenvalue weighted by Crippen LogP contribution is 2.36. The number of imidazole rings is 1. The van der Waals surface area contributed by atoms with Gasteiger partial charge in [0.05, 0.1) is 6.04 Å². The lowest BCUT2D eigenvalue weighted by molar-refractivity contribution is -0.115. The predicted molar refractivity (Wildman–Crippen MR) is 150 cm³/mol. The van der Waals surface area contributed by atoms with E-state index < -0.39 is 23.6 Å². The quantitative estimate of drug-likeness (QED) is 0.421. The average Bonchev–Trinajstić information content (AvgIpc) is 3.48. The predicted octanol–water partition coefficient (Wildman–Crippen LogP) is 4.87. The fourth-order valence-corrected chi connectivity index (χ4v) is 4.60. The van der Waals surface area contributed by atoms with Crippen molar-refractivity contribution in [2.45, 2.75) is 66.0 Å². The van der Waals surface area contributed by atoms with Crippen molar-refractivity contribution in [3.8, 4) is 11.3 Å². The standard InChI is InChI=1S/C29H34N6O5/c1-17-13-14-30-23(16-17)31-27(38)21-11-9-20(10-12-21)24-25(18(2)36)35(33-19(3)37)26(32-24)22-8-7-15-34(22)28(39)40-29(4,5)6/h9-14,16,22H,7-8,15H2,1-6H3,(H,33,37)(H,30,31,38)/t22-/m0/s1. The molecule has 4 rings (SSSR count). The number of anilines is 1. The number of hydrogen-bond donors (Lipinski definition) is 2. The highest BCUT2D eigenvalue weighted by atomic mass is 16.6. The van der Waals surface area contributed by atoms with Crippen molar-refractivity contribution in [2.24, 2.45) is 0 Å². The molecule has 0 unspecified atom stereocenters. The molecular formula is C29H34N6O5. The van der Waals surface area contributed by atoms with Crippen LogP contribution >= 0.6 is 0 Å². The number of likely N-dealkylation sites (tertiary alicyclic amines) is 1. The molecule has 0 saturated carbocycles. The topological polar surface area (TPSA) is 136 Å². The Balaban J connectivity index is 1.71. The number of benzene rings is 1. The Morgan fingerprint density at radius 3 is 2.35 bits per heavy atom. The molecule has 3 amide bonds. The highest BCUT2D eigenvalue weighted by Gasteiger charge is 2.38. The van der Waals surface area contributed by atoms with Crippen molar-refractivity contribution in [3.63, 3.8) is 0 Å². The zero-order chi connectivity index (χ0) is 29.2. The number of nitrogens with one attached hydrogen (secondary N) is 2. The van der Waals surface area contributed by atoms with Crippen LogP contribution in [-0.2, 0) is 9.53 Å². The molecule has 1 aliphatic heterocycles. The van der Waals surface area contributed by atoms with Crippen molar-refractivity contribution in [1.82, 2.24) is 19.5 Å². The van der Waals surface area contributed by atoms with Crippen LogP contribution < -0.4 is 10.7 Å². The van der Waals surface area contributed by atoms with E-state index in [-0.39, 0.29) is 17.4 Å². The van der Waals surface area contributed by atoms with Crippen LogP contribution in [0, 0.1) is 6.92 Å². The van der Waals surface area contributed by atoms with Gasteiger partial charge >= 0.3 is 6.09 Å². The molecule has 0 radical (unpaired) electrons. The monoisotopic (exact) mass is 546 g/mol. The molecule has 11 nitrogen and oxygen atoms in total. The summed E-state index contributed by atoms with van der Waals surface area (Å²) in [5, 5.41) is 2.77. The molecule has 1 aliphatic rings. The summed E-state index contributed by atoms with van der Waals surface area (Å²) in [6.07, 6.45) is 2.42. The van der Waals surface area contributed by atoms with Crippen LogP contribution in [0.25, 0.3) is 11.3 Å². The van der Waals surface area contributed by atoms with Crippen LogP contribution in [0.4, 0.5) is 10.6 Å². The molecular weight excluding hydrogens is 512 g/mol. The van der Waals surface area contributed by atoms with Gasteiger partial charge in [0.1, 0.15) is 22.8 Å². The van der Waals surface area contributed by atoms with Gasteiger partial charge in [-0.15, -0.1) is 0 Å². The van der Waals surface area contributed by atoms with Gasteiger partial charge in [0.25, 0.3) is 5.91 Å². The molecule has 3 aromatic rings. The first kappa shape index (κ1) is 28.5. The number of hydrogen-bond acceptors (Lipinski definition) is 7. The van der Waals surface area contributed by atoms with E-state index in [4.69, 9.17) is 9.72 Å². The van der Waals surface area contributed by atoms with E-state index in [2.05, 4.69) is 15.7 Å². The number of carbonyl (C=O) groups excluding carboxylic acids is 4. The molecule has 1 saturated heterocycles. The Kier molecular flexibility index (Phi) is 8.03. The molecule has 210 valence electrons. The van der Waals surface area contributed by atoms with E-state index in [1.165, 1.54) is 18.5 Å². The van der Waals surface area contributed by atoms with Gasteiger partial charge in [-0.1, -0.05) is 12.1 Å². The van der Waals surface area contributed by atoms with Crippen LogP contribution in [0.3, 0.4) is 0 Å². The van der Waals surface area contributed by atoms with Crippen molar-refractivity contribution >= 4 is 29.5 Å². The Hall–Kier alpha value is -4.54. The number of nitrogens with zero attached hydrogens (tertiary/aromatic N) is 4. The summed E-state index contributed by atoms with van der Waals surface area (Å²) in [6.45, 7) is 10.5. The second-order valence-corrected chi connectivity index (χ2v) is 10.8. The average molecular weight is 547 g/mol. The first-order chi connectivity index (χ1) is 18.8. The summed E-state index contributed by atoms with van der Waals surface area (Å²) in [6, 6.07) is 9.73. The van der Waals surface area contributed by atoms with Gasteiger partial charge < -0.3 is 10.1 Å². The van der Waals surface area contributed by atoms with Gasteiger partial charge in [-0.25, -0.2) is 19.4 Å². The van der Waals surface area contributed by atoms with Crippen molar-refractivity contribution in [1.29, 1.82) is 0 Å². The third-order valence-corrected chi connectivity index (χ3v) is 6.26. The highest BCUT2D eigenvalue weighted by molar-refractivity contribution is 6.04. The number of aromatic nitrogens is 3. The number of Topliss-reactive ketones (excluding diaryl/α,β-unsaturated/α-hetero) is 1. The first-order valence-corrected chi connectivity index (χ1v) is 13.1. The van der Waals surface area contributed by atoms with Crippen LogP contribution in [0.15, 0.2) is 42.6 Å². The zero-order valence-electron chi connectivity index (χ0n) is 23.6. The number of ether oxygens (including phenoxy) is 1. The zero-order valence-corrected chi connectivity index (χ0v) is 23.6. The van der Waals surface area contributed by atoms with E-state index >= 15 is 0 Å². The molecule has 11 heteroatoms. The van der Waals surface area contributed by atoms with E-state index in [1.807, 2.05) is 13.0 Å². The van der Waals surface area contributed by atoms with Gasteiger partial charge in [-0.05, 0) is 70.4 Å².